The van der Waals surface area contributed by atoms with Gasteiger partial charge in [0, 0.05) is 6.10 Å². The maximum atomic E-state index is 8.06. The summed E-state index contributed by atoms with van der Waals surface area (Å²) in [6.07, 6.45) is 2.33. The molecular formula is C13H34O. The summed E-state index contributed by atoms with van der Waals surface area (Å²) in [5.41, 5.74) is 0. The van der Waals surface area contributed by atoms with Crippen molar-refractivity contribution in [1.82, 2.24) is 0 Å². The molecule has 0 aromatic heterocycles. The lowest BCUT2D eigenvalue weighted by Gasteiger charge is -1.80. The molecule has 0 saturated carbocycles. The molecule has 0 saturated heterocycles. The van der Waals surface area contributed by atoms with E-state index in [1.807, 2.05) is 0 Å². The molecule has 0 atom stereocenters. The lowest BCUT2D eigenvalue weighted by atomic mass is 10.3. The van der Waals surface area contributed by atoms with Gasteiger partial charge in [-0.25, -0.2) is 0 Å². The molecule has 0 aliphatic heterocycles. The second-order valence-electron chi connectivity index (χ2n) is 4.24. The molecule has 0 radical (unpaired) electrons. The zero-order chi connectivity index (χ0) is 12.6. The van der Waals surface area contributed by atoms with Gasteiger partial charge < -0.3 is 5.11 Å². The normalized spacial score (nSPS) is 7.71. The predicted molar refractivity (Wildman–Crippen MR) is 69.8 cm³/mol. The molecule has 1 heteroatoms. The first kappa shape index (κ1) is 23.6. The highest BCUT2D eigenvalue weighted by Crippen LogP contribution is 1.81. The van der Waals surface area contributed by atoms with Crippen molar-refractivity contribution in [3.63, 3.8) is 0 Å². The van der Waals surface area contributed by atoms with E-state index in [0.29, 0.717) is 0 Å². The van der Waals surface area contributed by atoms with Crippen molar-refractivity contribution < 1.29 is 5.11 Å². The van der Waals surface area contributed by atoms with Crippen molar-refractivity contribution in [3.05, 3.63) is 0 Å². The molecule has 0 aromatic carbocycles. The van der Waals surface area contributed by atoms with E-state index in [1.165, 1.54) is 12.8 Å². The van der Waals surface area contributed by atoms with Gasteiger partial charge in [0.2, 0.25) is 0 Å². The Labute approximate surface area is 92.9 Å². The van der Waals surface area contributed by atoms with E-state index in [4.69, 9.17) is 5.11 Å². The van der Waals surface area contributed by atoms with E-state index >= 15 is 0 Å². The van der Waals surface area contributed by atoms with E-state index in [0.717, 1.165) is 5.92 Å². The summed E-state index contributed by atoms with van der Waals surface area (Å²) in [7, 11) is 0. The van der Waals surface area contributed by atoms with E-state index < -0.39 is 0 Å². The van der Waals surface area contributed by atoms with Crippen LogP contribution in [0, 0.1) is 5.92 Å². The second-order valence-corrected chi connectivity index (χ2v) is 4.24. The monoisotopic (exact) mass is 206 g/mol. The first-order valence-electron chi connectivity index (χ1n) is 5.97. The van der Waals surface area contributed by atoms with Gasteiger partial charge in [0.15, 0.2) is 0 Å². The van der Waals surface area contributed by atoms with E-state index in [1.54, 1.807) is 13.8 Å². The van der Waals surface area contributed by atoms with Crippen LogP contribution in [0.1, 0.15) is 75.2 Å². The SMILES string of the molecule is CC(C)C.CC(C)O.CCC.CCC. The average Bonchev–Trinajstić information content (AvgIpc) is 1.85. The van der Waals surface area contributed by atoms with Crippen LogP contribution in [0.3, 0.4) is 0 Å². The Morgan fingerprint density at radius 3 is 0.714 bits per heavy atom. The van der Waals surface area contributed by atoms with Gasteiger partial charge in [0.25, 0.3) is 0 Å². The molecule has 0 rings (SSSR count). The summed E-state index contributed by atoms with van der Waals surface area (Å²) in [5, 5.41) is 8.06. The number of rotatable bonds is 0. The van der Waals surface area contributed by atoms with Gasteiger partial charge in [-0.05, 0) is 19.8 Å². The summed E-state index contributed by atoms with van der Waals surface area (Å²) in [6.45, 7) is 18.4. The van der Waals surface area contributed by atoms with Crippen molar-refractivity contribution in [1.29, 1.82) is 0 Å². The van der Waals surface area contributed by atoms with Crippen LogP contribution in [-0.4, -0.2) is 11.2 Å². The molecule has 92 valence electrons. The third kappa shape index (κ3) is 898000. The molecule has 0 spiro atoms. The van der Waals surface area contributed by atoms with Crippen molar-refractivity contribution >= 4 is 0 Å². The molecule has 0 aliphatic rings. The Balaban J connectivity index is -0.0000000482. The maximum absolute atomic E-state index is 8.06. The third-order valence-electron chi connectivity index (χ3n) is 0. The molecule has 1 N–H and O–H groups in total. The molecule has 14 heavy (non-hydrogen) atoms. The summed E-state index contributed by atoms with van der Waals surface area (Å²) in [5.74, 6) is 0.833. The average molecular weight is 206 g/mol. The Bertz CT molecular complexity index is 35.7. The van der Waals surface area contributed by atoms with Crippen LogP contribution in [0.2, 0.25) is 0 Å². The minimum Gasteiger partial charge on any atom is -0.394 e. The van der Waals surface area contributed by atoms with Crippen LogP contribution in [0.5, 0.6) is 0 Å². The Morgan fingerprint density at radius 1 is 0.714 bits per heavy atom. The zero-order valence-corrected chi connectivity index (χ0v) is 12.0. The van der Waals surface area contributed by atoms with Crippen molar-refractivity contribution in [3.8, 4) is 0 Å². The van der Waals surface area contributed by atoms with Crippen LogP contribution in [0.25, 0.3) is 0 Å². The standard InChI is InChI=1S/C4H10.C3H8O.2C3H8/c1-4(2)3;1-3(2)4;2*1-3-2/h4H,1-3H3;3-4H,1-2H3;2*3H2,1-2H3. The third-order valence-corrected chi connectivity index (χ3v) is 0. The number of aliphatic hydroxyl groups is 1. The molecular weight excluding hydrogens is 172 g/mol. The second kappa shape index (κ2) is 29.3. The van der Waals surface area contributed by atoms with Crippen LogP contribution in [0.15, 0.2) is 0 Å². The van der Waals surface area contributed by atoms with Crippen molar-refractivity contribution in [2.24, 2.45) is 5.92 Å². The van der Waals surface area contributed by atoms with Crippen LogP contribution in [0.4, 0.5) is 0 Å². The van der Waals surface area contributed by atoms with E-state index in [9.17, 15) is 0 Å². The van der Waals surface area contributed by atoms with E-state index in [2.05, 4.69) is 48.5 Å². The lowest BCUT2D eigenvalue weighted by Crippen LogP contribution is -1.85. The lowest BCUT2D eigenvalue weighted by molar-refractivity contribution is 0.216. The minimum atomic E-state index is -0.167. The van der Waals surface area contributed by atoms with Crippen LogP contribution in [-0.2, 0) is 0 Å². The van der Waals surface area contributed by atoms with Crippen molar-refractivity contribution in [2.45, 2.75) is 81.3 Å². The predicted octanol–water partition coefficient (Wildman–Crippen LogP) is 4.88. The van der Waals surface area contributed by atoms with Crippen LogP contribution >= 0.6 is 0 Å². The highest BCUT2D eigenvalue weighted by molar-refractivity contribution is 4.21. The topological polar surface area (TPSA) is 20.2 Å². The van der Waals surface area contributed by atoms with Gasteiger partial charge in [-0.15, -0.1) is 0 Å². The van der Waals surface area contributed by atoms with Gasteiger partial charge in [0.1, 0.15) is 0 Å². The number of hydrogen-bond donors (Lipinski definition) is 1. The first-order valence-corrected chi connectivity index (χ1v) is 5.97. The Kier molecular flexibility index (Phi) is 49.4. The molecule has 1 nitrogen and oxygen atoms in total. The molecule has 0 fully saturated rings. The zero-order valence-electron chi connectivity index (χ0n) is 12.0. The van der Waals surface area contributed by atoms with Gasteiger partial charge in [-0.3, -0.25) is 0 Å². The summed E-state index contributed by atoms with van der Waals surface area (Å²) >= 11 is 0. The van der Waals surface area contributed by atoms with Crippen molar-refractivity contribution in [2.75, 3.05) is 0 Å². The highest BCUT2D eigenvalue weighted by atomic mass is 16.3. The number of hydrogen-bond acceptors (Lipinski definition) is 1. The fourth-order valence-electron chi connectivity index (χ4n) is 0. The molecule has 0 aliphatic carbocycles. The number of aliphatic hydroxyl groups excluding tert-OH is 1. The van der Waals surface area contributed by atoms with Gasteiger partial charge >= 0.3 is 0 Å². The van der Waals surface area contributed by atoms with Gasteiger partial charge in [-0.1, -0.05) is 61.3 Å². The molecule has 0 aromatic rings. The molecule has 0 amide bonds. The molecule has 0 unspecified atom stereocenters. The molecule has 0 bridgehead atoms. The minimum absolute atomic E-state index is 0.167. The molecule has 0 heterocycles. The largest absolute Gasteiger partial charge is 0.394 e. The van der Waals surface area contributed by atoms with Gasteiger partial charge in [0.05, 0.1) is 0 Å². The Hall–Kier alpha value is -0.0400. The highest BCUT2D eigenvalue weighted by Gasteiger charge is 1.69. The first-order chi connectivity index (χ1) is 6.29. The summed E-state index contributed by atoms with van der Waals surface area (Å²) in [6, 6.07) is 0. The van der Waals surface area contributed by atoms with Gasteiger partial charge in [-0.2, -0.15) is 0 Å². The maximum Gasteiger partial charge on any atom is 0.0483 e. The van der Waals surface area contributed by atoms with Crippen LogP contribution < -0.4 is 0 Å². The fourth-order valence-corrected chi connectivity index (χ4v) is 0. The smallest absolute Gasteiger partial charge is 0.0483 e. The fraction of sp³-hybridized carbons (Fsp3) is 1.00. The summed E-state index contributed by atoms with van der Waals surface area (Å²) < 4.78 is 0. The quantitative estimate of drug-likeness (QED) is 0.599. The summed E-state index contributed by atoms with van der Waals surface area (Å²) in [4.78, 5) is 0. The Morgan fingerprint density at radius 2 is 0.714 bits per heavy atom. The van der Waals surface area contributed by atoms with E-state index in [-0.39, 0.29) is 6.10 Å².